The zero-order valence-electron chi connectivity index (χ0n) is 10.8. The molecule has 1 aromatic rings. The Morgan fingerprint density at radius 3 is 2.56 bits per heavy atom. The van der Waals surface area contributed by atoms with Crippen LogP contribution in [0.15, 0.2) is 12.4 Å². The van der Waals surface area contributed by atoms with Gasteiger partial charge in [0.15, 0.2) is 0 Å². The van der Waals surface area contributed by atoms with Crippen LogP contribution in [0.25, 0.3) is 0 Å². The molecule has 18 heavy (non-hydrogen) atoms. The third kappa shape index (κ3) is 2.59. The summed E-state index contributed by atoms with van der Waals surface area (Å²) in [6.45, 7) is 0.890. The molecule has 1 fully saturated rings. The zero-order valence-corrected chi connectivity index (χ0v) is 11.6. The van der Waals surface area contributed by atoms with Crippen molar-refractivity contribution in [3.8, 4) is 0 Å². The van der Waals surface area contributed by atoms with Crippen LogP contribution in [0.2, 0.25) is 0 Å². The fourth-order valence-electron chi connectivity index (χ4n) is 2.17. The number of aromatic nitrogens is 2. The molecule has 1 saturated carbocycles. The fraction of sp³-hybridized carbons (Fsp3) is 0.583. The molecule has 5 nitrogen and oxygen atoms in total. The third-order valence-electron chi connectivity index (χ3n) is 3.74. The molecule has 0 amide bonds. The molecule has 0 bridgehead atoms. The van der Waals surface area contributed by atoms with E-state index in [4.69, 9.17) is 18.0 Å². The number of thiocarbonyl (C=S) groups is 1. The van der Waals surface area contributed by atoms with E-state index in [0.717, 1.165) is 12.4 Å². The van der Waals surface area contributed by atoms with Gasteiger partial charge in [-0.15, -0.1) is 0 Å². The number of nitrogens with two attached hydrogens (primary N) is 1. The summed E-state index contributed by atoms with van der Waals surface area (Å²) in [5.74, 6) is 0.767. The maximum atomic E-state index is 5.48. The van der Waals surface area contributed by atoms with Crippen LogP contribution in [0.5, 0.6) is 0 Å². The van der Waals surface area contributed by atoms with E-state index < -0.39 is 0 Å². The summed E-state index contributed by atoms with van der Waals surface area (Å²) in [6.07, 6.45) is 7.03. The first-order chi connectivity index (χ1) is 8.53. The van der Waals surface area contributed by atoms with E-state index in [1.54, 1.807) is 12.4 Å². The Balaban J connectivity index is 1.96. The molecule has 0 aliphatic heterocycles. The van der Waals surface area contributed by atoms with Crippen LogP contribution in [0.1, 0.15) is 25.0 Å². The van der Waals surface area contributed by atoms with Gasteiger partial charge in [0.05, 0.1) is 12.4 Å². The Morgan fingerprint density at radius 1 is 1.44 bits per heavy atom. The van der Waals surface area contributed by atoms with Gasteiger partial charge in [-0.25, -0.2) is 9.97 Å². The van der Waals surface area contributed by atoms with Gasteiger partial charge in [-0.3, -0.25) is 0 Å². The highest BCUT2D eigenvalue weighted by Gasteiger charge is 2.38. The zero-order chi connectivity index (χ0) is 13.2. The molecule has 0 unspecified atom stereocenters. The molecule has 98 valence electrons. The highest BCUT2D eigenvalue weighted by atomic mass is 32.1. The second-order valence-electron chi connectivity index (χ2n) is 4.98. The molecule has 0 radical (unpaired) electrons. The summed E-state index contributed by atoms with van der Waals surface area (Å²) < 4.78 is 0. The lowest BCUT2D eigenvalue weighted by Gasteiger charge is -2.47. The van der Waals surface area contributed by atoms with Gasteiger partial charge >= 0.3 is 0 Å². The monoisotopic (exact) mass is 265 g/mol. The fourth-order valence-corrected chi connectivity index (χ4v) is 2.27. The van der Waals surface area contributed by atoms with Crippen molar-refractivity contribution >= 4 is 23.0 Å². The minimum Gasteiger partial charge on any atom is -0.388 e. The van der Waals surface area contributed by atoms with Crippen molar-refractivity contribution in [1.29, 1.82) is 0 Å². The van der Waals surface area contributed by atoms with Gasteiger partial charge in [0, 0.05) is 12.1 Å². The molecule has 0 atom stereocenters. The summed E-state index contributed by atoms with van der Waals surface area (Å²) in [5.41, 5.74) is 6.30. The number of hydrogen-bond donors (Lipinski definition) is 2. The molecule has 0 spiro atoms. The lowest BCUT2D eigenvalue weighted by molar-refractivity contribution is 0.0738. The van der Waals surface area contributed by atoms with E-state index in [0.29, 0.717) is 5.69 Å². The largest absolute Gasteiger partial charge is 0.388 e. The molecular formula is C12H19N5S. The van der Waals surface area contributed by atoms with Crippen molar-refractivity contribution in [2.24, 2.45) is 5.73 Å². The Bertz CT molecular complexity index is 425. The lowest BCUT2D eigenvalue weighted by atomic mass is 9.75. The Labute approximate surface area is 113 Å². The van der Waals surface area contributed by atoms with E-state index >= 15 is 0 Å². The van der Waals surface area contributed by atoms with Gasteiger partial charge in [-0.05, 0) is 33.4 Å². The SMILES string of the molecule is CN(C)C1(CNc2cnc(C(N)=S)cn2)CCC1. The van der Waals surface area contributed by atoms with Gasteiger partial charge in [-0.2, -0.15) is 0 Å². The van der Waals surface area contributed by atoms with Crippen LogP contribution < -0.4 is 11.1 Å². The lowest BCUT2D eigenvalue weighted by Crippen LogP contribution is -2.54. The van der Waals surface area contributed by atoms with Crippen molar-refractivity contribution < 1.29 is 0 Å². The predicted molar refractivity (Wildman–Crippen MR) is 76.7 cm³/mol. The second kappa shape index (κ2) is 5.16. The smallest absolute Gasteiger partial charge is 0.144 e. The van der Waals surface area contributed by atoms with Crippen LogP contribution in [-0.4, -0.2) is 46.0 Å². The van der Waals surface area contributed by atoms with Crippen molar-refractivity contribution in [2.45, 2.75) is 24.8 Å². The molecule has 0 aromatic carbocycles. The molecule has 3 N–H and O–H groups in total. The van der Waals surface area contributed by atoms with Gasteiger partial charge in [-0.1, -0.05) is 12.2 Å². The Kier molecular flexibility index (Phi) is 3.77. The van der Waals surface area contributed by atoms with E-state index in [1.807, 2.05) is 0 Å². The molecule has 0 saturated heterocycles. The quantitative estimate of drug-likeness (QED) is 0.775. The topological polar surface area (TPSA) is 67.1 Å². The second-order valence-corrected chi connectivity index (χ2v) is 5.42. The molecule has 1 aromatic heterocycles. The van der Waals surface area contributed by atoms with Crippen molar-refractivity contribution in [3.63, 3.8) is 0 Å². The number of anilines is 1. The van der Waals surface area contributed by atoms with Crippen molar-refractivity contribution in [3.05, 3.63) is 18.1 Å². The summed E-state index contributed by atoms with van der Waals surface area (Å²) in [4.78, 5) is 11.0. The molecule has 6 heteroatoms. The first-order valence-corrected chi connectivity index (χ1v) is 6.47. The average molecular weight is 265 g/mol. The summed E-state index contributed by atoms with van der Waals surface area (Å²) >= 11 is 4.84. The number of nitrogens with zero attached hydrogens (tertiary/aromatic N) is 3. The van der Waals surface area contributed by atoms with Gasteiger partial charge in [0.1, 0.15) is 16.5 Å². The van der Waals surface area contributed by atoms with Gasteiger partial charge in [0.25, 0.3) is 0 Å². The van der Waals surface area contributed by atoms with Gasteiger partial charge in [0.2, 0.25) is 0 Å². The van der Waals surface area contributed by atoms with E-state index in [-0.39, 0.29) is 10.5 Å². The standard InChI is InChI=1S/C12H19N5S/c1-17(2)12(4-3-5-12)8-16-10-7-14-9(6-15-10)11(13)18/h6-7H,3-5,8H2,1-2H3,(H2,13,18)(H,15,16). The van der Waals surface area contributed by atoms with Crippen molar-refractivity contribution in [2.75, 3.05) is 26.0 Å². The summed E-state index contributed by atoms with van der Waals surface area (Å²) in [7, 11) is 4.25. The first-order valence-electron chi connectivity index (χ1n) is 6.07. The van der Waals surface area contributed by atoms with Crippen molar-refractivity contribution in [1.82, 2.24) is 14.9 Å². The number of likely N-dealkylation sites (N-methyl/N-ethyl adjacent to an activating group) is 1. The first kappa shape index (κ1) is 13.2. The van der Waals surface area contributed by atoms with Crippen LogP contribution in [0.3, 0.4) is 0 Å². The molecule has 1 heterocycles. The van der Waals surface area contributed by atoms with Crippen LogP contribution in [-0.2, 0) is 0 Å². The van der Waals surface area contributed by atoms with Crippen LogP contribution in [0, 0.1) is 0 Å². The highest BCUT2D eigenvalue weighted by molar-refractivity contribution is 7.80. The number of hydrogen-bond acceptors (Lipinski definition) is 5. The highest BCUT2D eigenvalue weighted by Crippen LogP contribution is 2.35. The maximum Gasteiger partial charge on any atom is 0.144 e. The van der Waals surface area contributed by atoms with Crippen LogP contribution >= 0.6 is 12.2 Å². The molecule has 2 rings (SSSR count). The third-order valence-corrected chi connectivity index (χ3v) is 3.94. The predicted octanol–water partition coefficient (Wildman–Crippen LogP) is 1.01. The minimum absolute atomic E-state index is 0.267. The Hall–Kier alpha value is -1.27. The number of nitrogens with one attached hydrogen (secondary N) is 1. The van der Waals surface area contributed by atoms with Crippen LogP contribution in [0.4, 0.5) is 5.82 Å². The normalized spacial score (nSPS) is 17.3. The summed E-state index contributed by atoms with van der Waals surface area (Å²) in [6, 6.07) is 0. The minimum atomic E-state index is 0.267. The van der Waals surface area contributed by atoms with E-state index in [1.165, 1.54) is 19.3 Å². The molecular weight excluding hydrogens is 246 g/mol. The maximum absolute atomic E-state index is 5.48. The number of rotatable bonds is 5. The molecule has 1 aliphatic carbocycles. The van der Waals surface area contributed by atoms with Gasteiger partial charge < -0.3 is 16.0 Å². The van der Waals surface area contributed by atoms with E-state index in [2.05, 4.69) is 34.3 Å². The summed E-state index contributed by atoms with van der Waals surface area (Å²) in [5, 5.41) is 3.34. The Morgan fingerprint density at radius 2 is 2.17 bits per heavy atom. The van der Waals surface area contributed by atoms with E-state index in [9.17, 15) is 0 Å². The average Bonchev–Trinajstić information content (AvgIpc) is 2.27. The molecule has 1 aliphatic rings.